The maximum absolute atomic E-state index is 3.76. The van der Waals surface area contributed by atoms with Crippen LogP contribution in [0.1, 0.15) is 25.7 Å². The van der Waals surface area contributed by atoms with E-state index >= 15 is 0 Å². The van der Waals surface area contributed by atoms with Crippen molar-refractivity contribution < 1.29 is 0 Å². The molecule has 0 unspecified atom stereocenters. The number of nitrogens with zero attached hydrogens (tertiary/aromatic N) is 1. The summed E-state index contributed by atoms with van der Waals surface area (Å²) < 4.78 is 1.18. The molecule has 92 valence electrons. The van der Waals surface area contributed by atoms with Gasteiger partial charge in [-0.05, 0) is 31.0 Å². The van der Waals surface area contributed by atoms with Crippen LogP contribution in [0, 0.1) is 0 Å². The Hall–Kier alpha value is -0.540. The summed E-state index contributed by atoms with van der Waals surface area (Å²) in [5.74, 6) is 0. The van der Waals surface area contributed by atoms with Crippen LogP contribution in [0.3, 0.4) is 0 Å². The predicted octanol–water partition coefficient (Wildman–Crippen LogP) is 3.17. The van der Waals surface area contributed by atoms with Gasteiger partial charge in [0, 0.05) is 35.3 Å². The van der Waals surface area contributed by atoms with Crippen molar-refractivity contribution in [2.45, 2.75) is 31.2 Å². The van der Waals surface area contributed by atoms with Crippen molar-refractivity contribution in [3.8, 4) is 0 Å². The van der Waals surface area contributed by atoms with E-state index < -0.39 is 0 Å². The van der Waals surface area contributed by atoms with E-state index in [0.717, 1.165) is 13.1 Å². The first kappa shape index (κ1) is 11.5. The zero-order valence-electron chi connectivity index (χ0n) is 10.1. The van der Waals surface area contributed by atoms with E-state index in [9.17, 15) is 0 Å². The molecule has 1 spiro atoms. The van der Waals surface area contributed by atoms with Gasteiger partial charge in [0.05, 0.1) is 0 Å². The van der Waals surface area contributed by atoms with Gasteiger partial charge in [0.25, 0.3) is 0 Å². The molecule has 1 aromatic rings. The minimum atomic E-state index is 0.403. The average Bonchev–Trinajstić information content (AvgIpc) is 2.77. The van der Waals surface area contributed by atoms with Gasteiger partial charge in [0.1, 0.15) is 0 Å². The molecule has 1 aliphatic carbocycles. The maximum atomic E-state index is 3.76. The maximum Gasteiger partial charge on any atom is 0.0378 e. The van der Waals surface area contributed by atoms with Crippen LogP contribution in [0.4, 0.5) is 5.69 Å². The summed E-state index contributed by atoms with van der Waals surface area (Å²) in [4.78, 5) is 2.53. The molecule has 17 heavy (non-hydrogen) atoms. The summed E-state index contributed by atoms with van der Waals surface area (Å²) in [6.45, 7) is 3.41. The number of anilines is 1. The number of hydrogen-bond donors (Lipinski definition) is 1. The standard InChI is InChI=1S/C14H19BrN2/c15-12-4-3-5-13(10-12)17-9-8-16-14(11-17)6-1-2-7-14/h3-5,10,16H,1-2,6-9,11H2. The number of hydrogen-bond acceptors (Lipinski definition) is 2. The van der Waals surface area contributed by atoms with Crippen LogP contribution in [0.25, 0.3) is 0 Å². The Labute approximate surface area is 112 Å². The molecule has 1 aromatic carbocycles. The third-order valence-electron chi connectivity index (χ3n) is 4.11. The second kappa shape index (κ2) is 4.62. The third kappa shape index (κ3) is 2.36. The van der Waals surface area contributed by atoms with Crippen LogP contribution in [-0.2, 0) is 0 Å². The van der Waals surface area contributed by atoms with Crippen LogP contribution in [-0.4, -0.2) is 25.2 Å². The van der Waals surface area contributed by atoms with E-state index in [2.05, 4.69) is 50.4 Å². The molecule has 0 radical (unpaired) electrons. The van der Waals surface area contributed by atoms with Crippen molar-refractivity contribution in [3.63, 3.8) is 0 Å². The number of nitrogens with one attached hydrogen (secondary N) is 1. The van der Waals surface area contributed by atoms with Crippen molar-refractivity contribution in [2.24, 2.45) is 0 Å². The second-order valence-electron chi connectivity index (χ2n) is 5.32. The highest BCUT2D eigenvalue weighted by atomic mass is 79.9. The predicted molar refractivity (Wildman–Crippen MR) is 75.6 cm³/mol. The molecule has 3 rings (SSSR count). The van der Waals surface area contributed by atoms with Crippen LogP contribution in [0.2, 0.25) is 0 Å². The van der Waals surface area contributed by atoms with Crippen LogP contribution < -0.4 is 10.2 Å². The molecule has 2 fully saturated rings. The van der Waals surface area contributed by atoms with Gasteiger partial charge in [0.2, 0.25) is 0 Å². The summed E-state index contributed by atoms with van der Waals surface area (Å²) in [6.07, 6.45) is 5.47. The molecule has 3 heteroatoms. The van der Waals surface area contributed by atoms with Crippen LogP contribution in [0.5, 0.6) is 0 Å². The third-order valence-corrected chi connectivity index (χ3v) is 4.60. The summed E-state index contributed by atoms with van der Waals surface area (Å²) in [5.41, 5.74) is 1.76. The summed E-state index contributed by atoms with van der Waals surface area (Å²) in [6, 6.07) is 8.67. The number of rotatable bonds is 1. The van der Waals surface area contributed by atoms with Crippen LogP contribution >= 0.6 is 15.9 Å². The Morgan fingerprint density at radius 2 is 2.06 bits per heavy atom. The van der Waals surface area contributed by atoms with Gasteiger partial charge in [0.15, 0.2) is 0 Å². The van der Waals surface area contributed by atoms with Crippen molar-refractivity contribution in [1.82, 2.24) is 5.32 Å². The van der Waals surface area contributed by atoms with Gasteiger partial charge in [-0.15, -0.1) is 0 Å². The van der Waals surface area contributed by atoms with E-state index in [1.807, 2.05) is 0 Å². The Bertz CT molecular complexity index is 399. The van der Waals surface area contributed by atoms with Crippen molar-refractivity contribution in [1.29, 1.82) is 0 Å². The smallest absolute Gasteiger partial charge is 0.0378 e. The highest BCUT2D eigenvalue weighted by Crippen LogP contribution is 2.33. The molecule has 1 saturated carbocycles. The Kier molecular flexibility index (Phi) is 3.14. The molecule has 2 aliphatic rings. The molecular formula is C14H19BrN2. The lowest BCUT2D eigenvalue weighted by Crippen LogP contribution is -2.59. The minimum Gasteiger partial charge on any atom is -0.368 e. The van der Waals surface area contributed by atoms with Gasteiger partial charge in [-0.25, -0.2) is 0 Å². The van der Waals surface area contributed by atoms with E-state index in [1.165, 1.54) is 42.4 Å². The Morgan fingerprint density at radius 1 is 1.24 bits per heavy atom. The van der Waals surface area contributed by atoms with Crippen molar-refractivity contribution in [3.05, 3.63) is 28.7 Å². The fraction of sp³-hybridized carbons (Fsp3) is 0.571. The van der Waals surface area contributed by atoms with E-state index in [-0.39, 0.29) is 0 Å². The number of halogens is 1. The summed E-state index contributed by atoms with van der Waals surface area (Å²) >= 11 is 3.56. The highest BCUT2D eigenvalue weighted by Gasteiger charge is 2.37. The first-order valence-electron chi connectivity index (χ1n) is 6.53. The Morgan fingerprint density at radius 3 is 2.82 bits per heavy atom. The van der Waals surface area contributed by atoms with Gasteiger partial charge in [-0.1, -0.05) is 34.8 Å². The molecular weight excluding hydrogens is 276 g/mol. The molecule has 0 amide bonds. The van der Waals surface area contributed by atoms with Gasteiger partial charge >= 0.3 is 0 Å². The second-order valence-corrected chi connectivity index (χ2v) is 6.23. The van der Waals surface area contributed by atoms with E-state index in [4.69, 9.17) is 0 Å². The zero-order valence-corrected chi connectivity index (χ0v) is 11.7. The van der Waals surface area contributed by atoms with Gasteiger partial charge in [-0.2, -0.15) is 0 Å². The highest BCUT2D eigenvalue weighted by molar-refractivity contribution is 9.10. The average molecular weight is 295 g/mol. The first-order valence-corrected chi connectivity index (χ1v) is 7.32. The van der Waals surface area contributed by atoms with Gasteiger partial charge < -0.3 is 10.2 Å². The van der Waals surface area contributed by atoms with E-state index in [0.29, 0.717) is 5.54 Å². The molecule has 1 heterocycles. The van der Waals surface area contributed by atoms with E-state index in [1.54, 1.807) is 0 Å². The minimum absolute atomic E-state index is 0.403. The fourth-order valence-electron chi connectivity index (χ4n) is 3.24. The fourth-order valence-corrected chi connectivity index (χ4v) is 3.62. The molecule has 2 nitrogen and oxygen atoms in total. The lowest BCUT2D eigenvalue weighted by Gasteiger charge is -2.42. The summed E-state index contributed by atoms with van der Waals surface area (Å²) in [7, 11) is 0. The molecule has 0 atom stereocenters. The molecule has 1 saturated heterocycles. The topological polar surface area (TPSA) is 15.3 Å². The number of piperazine rings is 1. The lowest BCUT2D eigenvalue weighted by atomic mass is 9.94. The number of benzene rings is 1. The first-order chi connectivity index (χ1) is 8.27. The molecule has 1 N–H and O–H groups in total. The SMILES string of the molecule is Brc1cccc(N2CCNC3(CCCC3)C2)c1. The largest absolute Gasteiger partial charge is 0.368 e. The zero-order chi connectivity index (χ0) is 11.7. The summed E-state index contributed by atoms with van der Waals surface area (Å²) in [5, 5.41) is 3.76. The Balaban J connectivity index is 1.79. The van der Waals surface area contributed by atoms with Crippen molar-refractivity contribution in [2.75, 3.05) is 24.5 Å². The lowest BCUT2D eigenvalue weighted by molar-refractivity contribution is 0.304. The quantitative estimate of drug-likeness (QED) is 0.856. The molecule has 0 aromatic heterocycles. The monoisotopic (exact) mass is 294 g/mol. The van der Waals surface area contributed by atoms with Crippen molar-refractivity contribution >= 4 is 21.6 Å². The van der Waals surface area contributed by atoms with Crippen LogP contribution in [0.15, 0.2) is 28.7 Å². The molecule has 1 aliphatic heterocycles. The molecule has 0 bridgehead atoms. The normalized spacial score (nSPS) is 23.2. The van der Waals surface area contributed by atoms with Gasteiger partial charge in [-0.3, -0.25) is 0 Å².